The van der Waals surface area contributed by atoms with Crippen LogP contribution in [0.1, 0.15) is 10.4 Å². The van der Waals surface area contributed by atoms with E-state index in [4.69, 9.17) is 26.8 Å². The summed E-state index contributed by atoms with van der Waals surface area (Å²) in [6.45, 7) is -0.0723. The van der Waals surface area contributed by atoms with Crippen molar-refractivity contribution in [1.82, 2.24) is 0 Å². The van der Waals surface area contributed by atoms with Crippen molar-refractivity contribution < 1.29 is 19.1 Å². The molecule has 25 heavy (non-hydrogen) atoms. The minimum absolute atomic E-state index is 0.0723. The molecular formula is C17H18ClN3O4. The smallest absolute Gasteiger partial charge is 0.250 e. The molecule has 7 nitrogen and oxygen atoms in total. The number of carbonyl (C=O) groups is 2. The van der Waals surface area contributed by atoms with Crippen LogP contribution in [0.3, 0.4) is 0 Å². The molecule has 132 valence electrons. The van der Waals surface area contributed by atoms with Crippen molar-refractivity contribution in [3.05, 3.63) is 47.0 Å². The van der Waals surface area contributed by atoms with Crippen LogP contribution < -0.4 is 25.8 Å². The molecule has 0 bridgehead atoms. The van der Waals surface area contributed by atoms with Gasteiger partial charge in [0, 0.05) is 16.8 Å². The van der Waals surface area contributed by atoms with Gasteiger partial charge in [0.25, 0.3) is 5.91 Å². The molecule has 0 aromatic heterocycles. The van der Waals surface area contributed by atoms with Crippen molar-refractivity contribution >= 4 is 34.8 Å². The Labute approximate surface area is 150 Å². The van der Waals surface area contributed by atoms with Crippen molar-refractivity contribution in [3.8, 4) is 11.5 Å². The van der Waals surface area contributed by atoms with Crippen LogP contribution in [0.4, 0.5) is 11.4 Å². The average Bonchev–Trinajstić information content (AvgIpc) is 2.60. The molecule has 0 spiro atoms. The molecule has 0 aliphatic carbocycles. The second-order valence-corrected chi connectivity index (χ2v) is 5.46. The van der Waals surface area contributed by atoms with Crippen molar-refractivity contribution in [2.75, 3.05) is 31.4 Å². The number of primary amides is 1. The molecule has 0 heterocycles. The summed E-state index contributed by atoms with van der Waals surface area (Å²) in [5, 5.41) is 5.96. The number of halogens is 1. The molecule has 0 unspecified atom stereocenters. The zero-order valence-electron chi connectivity index (χ0n) is 13.8. The number of amides is 2. The van der Waals surface area contributed by atoms with Crippen LogP contribution in [-0.4, -0.2) is 32.6 Å². The Balaban J connectivity index is 2.06. The maximum Gasteiger partial charge on any atom is 0.250 e. The molecule has 0 aliphatic rings. The second kappa shape index (κ2) is 8.25. The first-order valence-electron chi connectivity index (χ1n) is 7.29. The summed E-state index contributed by atoms with van der Waals surface area (Å²) in [6.07, 6.45) is 0. The summed E-state index contributed by atoms with van der Waals surface area (Å²) >= 11 is 5.85. The average molecular weight is 364 g/mol. The summed E-state index contributed by atoms with van der Waals surface area (Å²) < 4.78 is 10.3. The third kappa shape index (κ3) is 4.77. The lowest BCUT2D eigenvalue weighted by Gasteiger charge is -2.13. The number of hydrogen-bond donors (Lipinski definition) is 3. The molecular weight excluding hydrogens is 346 g/mol. The van der Waals surface area contributed by atoms with Crippen LogP contribution in [0.5, 0.6) is 11.5 Å². The lowest BCUT2D eigenvalue weighted by Crippen LogP contribution is -2.23. The van der Waals surface area contributed by atoms with E-state index in [2.05, 4.69) is 10.6 Å². The summed E-state index contributed by atoms with van der Waals surface area (Å²) in [5.41, 5.74) is 6.45. The van der Waals surface area contributed by atoms with E-state index in [1.54, 1.807) is 37.4 Å². The molecule has 2 rings (SSSR count). The van der Waals surface area contributed by atoms with E-state index in [1.165, 1.54) is 13.2 Å². The number of rotatable bonds is 7. The number of hydrogen-bond acceptors (Lipinski definition) is 5. The zero-order chi connectivity index (χ0) is 18.4. The lowest BCUT2D eigenvalue weighted by atomic mass is 10.1. The minimum atomic E-state index is -0.637. The third-order valence-corrected chi connectivity index (χ3v) is 3.60. The van der Waals surface area contributed by atoms with Gasteiger partial charge < -0.3 is 25.8 Å². The predicted octanol–water partition coefficient (Wildman–Crippen LogP) is 2.51. The quantitative estimate of drug-likeness (QED) is 0.701. The fourth-order valence-electron chi connectivity index (χ4n) is 2.15. The first-order valence-corrected chi connectivity index (χ1v) is 7.67. The molecule has 2 aromatic rings. The van der Waals surface area contributed by atoms with Crippen LogP contribution in [-0.2, 0) is 4.79 Å². The Morgan fingerprint density at radius 3 is 2.44 bits per heavy atom. The van der Waals surface area contributed by atoms with Crippen LogP contribution in [0.25, 0.3) is 0 Å². The van der Waals surface area contributed by atoms with Gasteiger partial charge in [0.05, 0.1) is 32.0 Å². The molecule has 0 fully saturated rings. The highest BCUT2D eigenvalue weighted by molar-refractivity contribution is 6.31. The van der Waals surface area contributed by atoms with E-state index in [9.17, 15) is 9.59 Å². The van der Waals surface area contributed by atoms with Gasteiger partial charge in [-0.3, -0.25) is 9.59 Å². The third-order valence-electron chi connectivity index (χ3n) is 3.37. The predicted molar refractivity (Wildman–Crippen MR) is 96.6 cm³/mol. The Hall–Kier alpha value is -2.93. The Morgan fingerprint density at radius 1 is 1.08 bits per heavy atom. The molecule has 4 N–H and O–H groups in total. The largest absolute Gasteiger partial charge is 0.497 e. The molecule has 0 aliphatic heterocycles. The summed E-state index contributed by atoms with van der Waals surface area (Å²) in [4.78, 5) is 23.6. The topological polar surface area (TPSA) is 103 Å². The first kappa shape index (κ1) is 18.4. The molecule has 0 saturated carbocycles. The minimum Gasteiger partial charge on any atom is -0.497 e. The van der Waals surface area contributed by atoms with Gasteiger partial charge in [-0.25, -0.2) is 0 Å². The van der Waals surface area contributed by atoms with Crippen LogP contribution in [0, 0.1) is 0 Å². The fourth-order valence-corrected chi connectivity index (χ4v) is 2.32. The summed E-state index contributed by atoms with van der Waals surface area (Å²) in [6, 6.07) is 9.66. The Kier molecular flexibility index (Phi) is 6.08. The highest BCUT2D eigenvalue weighted by atomic mass is 35.5. The summed E-state index contributed by atoms with van der Waals surface area (Å²) in [7, 11) is 3.04. The lowest BCUT2D eigenvalue weighted by molar-refractivity contribution is -0.114. The van der Waals surface area contributed by atoms with Gasteiger partial charge in [0.2, 0.25) is 5.91 Å². The van der Waals surface area contributed by atoms with Crippen molar-refractivity contribution in [2.45, 2.75) is 0 Å². The maximum absolute atomic E-state index is 12.2. The van der Waals surface area contributed by atoms with Gasteiger partial charge in [-0.2, -0.15) is 0 Å². The Morgan fingerprint density at radius 2 is 1.80 bits per heavy atom. The van der Waals surface area contributed by atoms with Gasteiger partial charge >= 0.3 is 0 Å². The number of nitrogens with one attached hydrogen (secondary N) is 2. The highest BCUT2D eigenvalue weighted by Gasteiger charge is 2.12. The van der Waals surface area contributed by atoms with Crippen LogP contribution in [0.15, 0.2) is 36.4 Å². The van der Waals surface area contributed by atoms with Gasteiger partial charge in [0.15, 0.2) is 0 Å². The maximum atomic E-state index is 12.2. The molecule has 0 saturated heterocycles. The van der Waals surface area contributed by atoms with E-state index in [0.29, 0.717) is 27.9 Å². The van der Waals surface area contributed by atoms with Crippen molar-refractivity contribution in [3.63, 3.8) is 0 Å². The Bertz CT molecular complexity index is 795. The highest BCUT2D eigenvalue weighted by Crippen LogP contribution is 2.29. The molecule has 0 atom stereocenters. The van der Waals surface area contributed by atoms with E-state index in [0.717, 1.165) is 0 Å². The normalized spacial score (nSPS) is 10.0. The number of methoxy groups -OCH3 is 2. The summed E-state index contributed by atoms with van der Waals surface area (Å²) in [5.74, 6) is 0.119. The monoisotopic (exact) mass is 363 g/mol. The van der Waals surface area contributed by atoms with Crippen LogP contribution in [0.2, 0.25) is 5.02 Å². The van der Waals surface area contributed by atoms with E-state index >= 15 is 0 Å². The standard InChI is InChI=1S/C17H18ClN3O4/c1-24-11-4-6-14(15(8-11)25-2)21-16(22)9-20-13-5-3-10(18)7-12(13)17(19)23/h3-8,20H,9H2,1-2H3,(H2,19,23)(H,21,22). The number of ether oxygens (including phenoxy) is 2. The second-order valence-electron chi connectivity index (χ2n) is 5.02. The molecule has 2 amide bonds. The number of carbonyl (C=O) groups excluding carboxylic acids is 2. The number of benzene rings is 2. The first-order chi connectivity index (χ1) is 11.9. The van der Waals surface area contributed by atoms with Gasteiger partial charge in [-0.1, -0.05) is 11.6 Å². The van der Waals surface area contributed by atoms with Crippen molar-refractivity contribution in [1.29, 1.82) is 0 Å². The SMILES string of the molecule is COc1ccc(NC(=O)CNc2ccc(Cl)cc2C(N)=O)c(OC)c1. The molecule has 8 heteroatoms. The van der Waals surface area contributed by atoms with E-state index in [1.807, 2.05) is 0 Å². The van der Waals surface area contributed by atoms with Crippen LogP contribution >= 0.6 is 11.6 Å². The number of nitrogens with two attached hydrogens (primary N) is 1. The van der Waals surface area contributed by atoms with Gasteiger partial charge in [-0.05, 0) is 30.3 Å². The molecule has 0 radical (unpaired) electrons. The fraction of sp³-hybridized carbons (Fsp3) is 0.176. The zero-order valence-corrected chi connectivity index (χ0v) is 14.5. The van der Waals surface area contributed by atoms with Crippen molar-refractivity contribution in [2.24, 2.45) is 5.73 Å². The number of anilines is 2. The molecule has 2 aromatic carbocycles. The van der Waals surface area contributed by atoms with E-state index < -0.39 is 5.91 Å². The van der Waals surface area contributed by atoms with E-state index in [-0.39, 0.29) is 18.0 Å². The van der Waals surface area contributed by atoms with Gasteiger partial charge in [-0.15, -0.1) is 0 Å². The van der Waals surface area contributed by atoms with Gasteiger partial charge in [0.1, 0.15) is 11.5 Å².